The first-order chi connectivity index (χ1) is 8.00. The van der Waals surface area contributed by atoms with E-state index in [1.54, 1.807) is 0 Å². The van der Waals surface area contributed by atoms with E-state index >= 15 is 0 Å². The van der Waals surface area contributed by atoms with Gasteiger partial charge in [-0.1, -0.05) is 19.9 Å². The Morgan fingerprint density at radius 2 is 1.94 bits per heavy atom. The van der Waals surface area contributed by atoms with Crippen LogP contribution in [-0.4, -0.2) is 20.2 Å². The third-order valence-corrected chi connectivity index (χ3v) is 3.22. The van der Waals surface area contributed by atoms with Crippen molar-refractivity contribution in [1.29, 1.82) is 0 Å². The summed E-state index contributed by atoms with van der Waals surface area (Å²) in [5.41, 5.74) is 3.40. The van der Waals surface area contributed by atoms with Gasteiger partial charge in [0.1, 0.15) is 0 Å². The van der Waals surface area contributed by atoms with E-state index in [2.05, 4.69) is 71.3 Å². The van der Waals surface area contributed by atoms with E-state index in [1.807, 2.05) is 4.68 Å². The van der Waals surface area contributed by atoms with E-state index in [-0.39, 0.29) is 5.92 Å². The molecule has 0 amide bonds. The second kappa shape index (κ2) is 4.56. The Kier molecular flexibility index (Phi) is 3.28. The lowest BCUT2D eigenvalue weighted by molar-refractivity contribution is 0.705. The lowest BCUT2D eigenvalue weighted by atomic mass is 10.1. The second-order valence-corrected chi connectivity index (χ2v) is 5.37. The van der Waals surface area contributed by atoms with Crippen molar-refractivity contribution in [3.8, 4) is 5.69 Å². The number of rotatable bonds is 2. The minimum absolute atomic E-state index is 0.289. The molecule has 0 saturated carbocycles. The van der Waals surface area contributed by atoms with Crippen LogP contribution >= 0.6 is 15.9 Å². The fourth-order valence-electron chi connectivity index (χ4n) is 1.89. The summed E-state index contributed by atoms with van der Waals surface area (Å²) in [5.74, 6) is 1.16. The number of hydrogen-bond acceptors (Lipinski definition) is 3. The van der Waals surface area contributed by atoms with Gasteiger partial charge in [0.25, 0.3) is 0 Å². The maximum Gasteiger partial charge on any atom is 0.159 e. The highest BCUT2D eigenvalue weighted by molar-refractivity contribution is 9.10. The first-order valence-corrected chi connectivity index (χ1v) is 6.35. The quantitative estimate of drug-likeness (QED) is 0.854. The maximum absolute atomic E-state index is 4.08. The highest BCUT2D eigenvalue weighted by Gasteiger charge is 2.16. The summed E-state index contributed by atoms with van der Waals surface area (Å²) in [6.07, 6.45) is 0. The van der Waals surface area contributed by atoms with Crippen LogP contribution < -0.4 is 0 Å². The second-order valence-electron chi connectivity index (χ2n) is 4.52. The van der Waals surface area contributed by atoms with Gasteiger partial charge in [-0.25, -0.2) is 0 Å². The molecular formula is C12H15BrN4. The molecule has 0 radical (unpaired) electrons. The molecule has 1 aromatic heterocycles. The molecule has 0 atom stereocenters. The zero-order valence-corrected chi connectivity index (χ0v) is 12.0. The number of benzene rings is 1. The van der Waals surface area contributed by atoms with Crippen molar-refractivity contribution in [2.75, 3.05) is 0 Å². The van der Waals surface area contributed by atoms with Crippen LogP contribution in [0.2, 0.25) is 0 Å². The summed E-state index contributed by atoms with van der Waals surface area (Å²) in [4.78, 5) is 0. The number of aromatic nitrogens is 4. The van der Waals surface area contributed by atoms with E-state index in [4.69, 9.17) is 0 Å². The number of tetrazole rings is 1. The maximum atomic E-state index is 4.08. The number of aryl methyl sites for hydroxylation is 2. The molecule has 1 aromatic carbocycles. The van der Waals surface area contributed by atoms with Gasteiger partial charge in [-0.2, -0.15) is 4.68 Å². The third kappa shape index (κ3) is 2.24. The molecule has 2 aromatic rings. The summed E-state index contributed by atoms with van der Waals surface area (Å²) in [6.45, 7) is 8.31. The summed E-state index contributed by atoms with van der Waals surface area (Å²) >= 11 is 3.59. The first-order valence-electron chi connectivity index (χ1n) is 5.56. The number of nitrogens with zero attached hydrogens (tertiary/aromatic N) is 4. The Bertz CT molecular complexity index is 522. The molecule has 0 fully saturated rings. The smallest absolute Gasteiger partial charge is 0.159 e. The molecule has 0 aliphatic heterocycles. The van der Waals surface area contributed by atoms with Crippen molar-refractivity contribution < 1.29 is 0 Å². The van der Waals surface area contributed by atoms with Gasteiger partial charge in [0.15, 0.2) is 5.82 Å². The summed E-state index contributed by atoms with van der Waals surface area (Å²) in [5, 5.41) is 11.9. The Morgan fingerprint density at radius 1 is 1.24 bits per heavy atom. The predicted molar refractivity (Wildman–Crippen MR) is 70.4 cm³/mol. The summed E-state index contributed by atoms with van der Waals surface area (Å²) < 4.78 is 2.83. The molecule has 1 heterocycles. The van der Waals surface area contributed by atoms with Gasteiger partial charge in [-0.15, -0.1) is 5.10 Å². The minimum atomic E-state index is 0.289. The van der Waals surface area contributed by atoms with Crippen molar-refractivity contribution in [3.05, 3.63) is 33.6 Å². The van der Waals surface area contributed by atoms with Gasteiger partial charge in [0.05, 0.1) is 5.69 Å². The first kappa shape index (κ1) is 12.2. The monoisotopic (exact) mass is 294 g/mol. The van der Waals surface area contributed by atoms with Crippen molar-refractivity contribution in [3.63, 3.8) is 0 Å². The SMILES string of the molecule is Cc1cc(C)c(-n2nnnc2C(C)C)c(Br)c1. The number of hydrogen-bond donors (Lipinski definition) is 0. The van der Waals surface area contributed by atoms with Crippen LogP contribution in [0.1, 0.15) is 36.7 Å². The Morgan fingerprint density at radius 3 is 2.53 bits per heavy atom. The van der Waals surface area contributed by atoms with E-state index in [1.165, 1.54) is 5.56 Å². The average molecular weight is 295 g/mol. The van der Waals surface area contributed by atoms with Gasteiger partial charge in [-0.05, 0) is 57.4 Å². The molecule has 0 unspecified atom stereocenters. The van der Waals surface area contributed by atoms with E-state index in [9.17, 15) is 0 Å². The minimum Gasteiger partial charge on any atom is -0.196 e. The molecule has 5 heteroatoms. The van der Waals surface area contributed by atoms with E-state index < -0.39 is 0 Å². The van der Waals surface area contributed by atoms with E-state index in [0.717, 1.165) is 21.5 Å². The number of halogens is 1. The topological polar surface area (TPSA) is 43.6 Å². The van der Waals surface area contributed by atoms with Gasteiger partial charge in [0, 0.05) is 10.4 Å². The van der Waals surface area contributed by atoms with E-state index in [0.29, 0.717) is 0 Å². The lowest BCUT2D eigenvalue weighted by Crippen LogP contribution is -2.07. The molecule has 0 aliphatic carbocycles. The van der Waals surface area contributed by atoms with Crippen molar-refractivity contribution in [2.24, 2.45) is 0 Å². The Balaban J connectivity index is 2.64. The Hall–Kier alpha value is -1.23. The predicted octanol–water partition coefficient (Wildman–Crippen LogP) is 3.17. The molecular weight excluding hydrogens is 280 g/mol. The molecule has 0 saturated heterocycles. The van der Waals surface area contributed by atoms with Crippen molar-refractivity contribution in [2.45, 2.75) is 33.6 Å². The van der Waals surface area contributed by atoms with Crippen LogP contribution in [0.5, 0.6) is 0 Å². The molecule has 0 bridgehead atoms. The van der Waals surface area contributed by atoms with Crippen molar-refractivity contribution in [1.82, 2.24) is 20.2 Å². The largest absolute Gasteiger partial charge is 0.196 e. The van der Waals surface area contributed by atoms with Crippen LogP contribution in [-0.2, 0) is 0 Å². The van der Waals surface area contributed by atoms with Crippen LogP contribution in [0.25, 0.3) is 5.69 Å². The molecule has 0 aliphatic rings. The fraction of sp³-hybridized carbons (Fsp3) is 0.417. The van der Waals surface area contributed by atoms with Crippen LogP contribution in [0.15, 0.2) is 16.6 Å². The zero-order valence-electron chi connectivity index (χ0n) is 10.4. The summed E-state index contributed by atoms with van der Waals surface area (Å²) in [6, 6.07) is 4.21. The molecule has 17 heavy (non-hydrogen) atoms. The Labute approximate surface area is 109 Å². The zero-order chi connectivity index (χ0) is 12.6. The lowest BCUT2D eigenvalue weighted by Gasteiger charge is -2.12. The van der Waals surface area contributed by atoms with Gasteiger partial charge < -0.3 is 0 Å². The standard InChI is InChI=1S/C12H15BrN4/c1-7(2)12-14-15-16-17(12)11-9(4)5-8(3)6-10(11)13/h5-7H,1-4H3. The molecule has 0 spiro atoms. The van der Waals surface area contributed by atoms with Crippen LogP contribution in [0.3, 0.4) is 0 Å². The molecule has 2 rings (SSSR count). The van der Waals surface area contributed by atoms with Gasteiger partial charge in [-0.3, -0.25) is 0 Å². The molecule has 0 N–H and O–H groups in total. The van der Waals surface area contributed by atoms with Gasteiger partial charge in [0.2, 0.25) is 0 Å². The normalized spacial score (nSPS) is 11.2. The summed E-state index contributed by atoms with van der Waals surface area (Å²) in [7, 11) is 0. The highest BCUT2D eigenvalue weighted by atomic mass is 79.9. The van der Waals surface area contributed by atoms with Crippen molar-refractivity contribution >= 4 is 15.9 Å². The van der Waals surface area contributed by atoms with Gasteiger partial charge >= 0.3 is 0 Å². The average Bonchev–Trinajstić information content (AvgIpc) is 2.64. The van der Waals surface area contributed by atoms with Crippen LogP contribution in [0.4, 0.5) is 0 Å². The fourth-order valence-corrected chi connectivity index (χ4v) is 2.73. The molecule has 4 nitrogen and oxygen atoms in total. The molecule has 90 valence electrons. The highest BCUT2D eigenvalue weighted by Crippen LogP contribution is 2.27. The van der Waals surface area contributed by atoms with Crippen LogP contribution in [0, 0.1) is 13.8 Å². The third-order valence-electron chi connectivity index (χ3n) is 2.62.